The number of imide groups is 1. The van der Waals surface area contributed by atoms with Crippen molar-refractivity contribution in [3.63, 3.8) is 0 Å². The van der Waals surface area contributed by atoms with Crippen LogP contribution in [-0.2, 0) is 9.59 Å². The summed E-state index contributed by atoms with van der Waals surface area (Å²) < 4.78 is 0. The highest BCUT2D eigenvalue weighted by atomic mass is 16.2. The van der Waals surface area contributed by atoms with Gasteiger partial charge in [-0.2, -0.15) is 0 Å². The van der Waals surface area contributed by atoms with Gasteiger partial charge in [-0.15, -0.1) is 0 Å². The fraction of sp³-hybridized carbons (Fsp3) is 0.333. The fourth-order valence-corrected chi connectivity index (χ4v) is 4.39. The molecule has 1 aromatic heterocycles. The van der Waals surface area contributed by atoms with Crippen LogP contribution >= 0.6 is 0 Å². The van der Waals surface area contributed by atoms with Crippen molar-refractivity contribution in [2.75, 3.05) is 18.9 Å². The third-order valence-corrected chi connectivity index (χ3v) is 6.09. The molecule has 31 heavy (non-hydrogen) atoms. The summed E-state index contributed by atoms with van der Waals surface area (Å²) in [5.74, 6) is -0.643. The average Bonchev–Trinajstić information content (AvgIpc) is 2.95. The van der Waals surface area contributed by atoms with Crippen LogP contribution in [0.25, 0.3) is 12.2 Å². The summed E-state index contributed by atoms with van der Waals surface area (Å²) in [5, 5.41) is 2.80. The molecule has 1 aliphatic carbocycles. The molecule has 2 heterocycles. The molecule has 2 fully saturated rings. The van der Waals surface area contributed by atoms with Crippen LogP contribution in [0.5, 0.6) is 0 Å². The molecular weight excluding hydrogens is 392 g/mol. The molecule has 1 spiro atoms. The van der Waals surface area contributed by atoms with Gasteiger partial charge in [0.1, 0.15) is 12.1 Å². The molecule has 0 bridgehead atoms. The monoisotopic (exact) mass is 418 g/mol. The number of benzene rings is 1. The van der Waals surface area contributed by atoms with Crippen molar-refractivity contribution in [2.45, 2.75) is 37.6 Å². The van der Waals surface area contributed by atoms with Gasteiger partial charge in [0.2, 0.25) is 5.91 Å². The molecule has 2 aromatic rings. The van der Waals surface area contributed by atoms with Gasteiger partial charge in [-0.05, 0) is 48.7 Å². The number of hydrogen-bond donors (Lipinski definition) is 1. The van der Waals surface area contributed by atoms with Crippen LogP contribution in [0.3, 0.4) is 0 Å². The quantitative estimate of drug-likeness (QED) is 0.749. The van der Waals surface area contributed by atoms with Crippen LogP contribution < -0.4 is 5.32 Å². The van der Waals surface area contributed by atoms with Crippen LogP contribution in [0.15, 0.2) is 48.7 Å². The van der Waals surface area contributed by atoms with E-state index in [1.54, 1.807) is 19.3 Å². The number of amides is 4. The van der Waals surface area contributed by atoms with Gasteiger partial charge in [-0.25, -0.2) is 4.79 Å². The van der Waals surface area contributed by atoms with E-state index in [1.807, 2.05) is 48.6 Å². The Morgan fingerprint density at radius 2 is 1.90 bits per heavy atom. The molecule has 4 rings (SSSR count). The zero-order valence-corrected chi connectivity index (χ0v) is 17.6. The Hall–Kier alpha value is -3.48. The molecule has 7 heteroatoms. The lowest BCUT2D eigenvalue weighted by atomic mass is 9.81. The minimum atomic E-state index is -0.772. The van der Waals surface area contributed by atoms with Crippen molar-refractivity contribution in [2.24, 2.45) is 0 Å². The molecule has 1 aromatic carbocycles. The molecule has 4 amide bonds. The maximum absolute atomic E-state index is 13.0. The third kappa shape index (κ3) is 4.21. The van der Waals surface area contributed by atoms with E-state index in [0.29, 0.717) is 18.5 Å². The molecule has 1 saturated heterocycles. The standard InChI is InChI=1S/C24H26N4O3/c1-27-23(31)28(22(30)24(27)13-4-2-5-14-24)17-21(29)26-20-10-7-8-18(16-20)11-12-19-9-3-6-15-25-19/h3,6-12,15-16H,2,4-5,13-14,17H2,1H3,(H,26,29)/b12-11+. The van der Waals surface area contributed by atoms with Crippen molar-refractivity contribution in [3.8, 4) is 0 Å². The van der Waals surface area contributed by atoms with Crippen molar-refractivity contribution in [1.29, 1.82) is 0 Å². The molecule has 7 nitrogen and oxygen atoms in total. The number of likely N-dealkylation sites (N-methyl/N-ethyl adjacent to an activating group) is 1. The zero-order chi connectivity index (χ0) is 21.8. The Labute approximate surface area is 181 Å². The number of rotatable bonds is 5. The second-order valence-corrected chi connectivity index (χ2v) is 8.09. The van der Waals surface area contributed by atoms with Gasteiger partial charge in [-0.3, -0.25) is 19.5 Å². The summed E-state index contributed by atoms with van der Waals surface area (Å²) in [5.41, 5.74) is 1.57. The molecular formula is C24H26N4O3. The predicted molar refractivity (Wildman–Crippen MR) is 119 cm³/mol. The summed E-state index contributed by atoms with van der Waals surface area (Å²) in [7, 11) is 1.67. The van der Waals surface area contributed by atoms with Crippen LogP contribution in [0.4, 0.5) is 10.5 Å². The largest absolute Gasteiger partial charge is 0.327 e. The van der Waals surface area contributed by atoms with Gasteiger partial charge in [-0.1, -0.05) is 43.5 Å². The maximum Gasteiger partial charge on any atom is 0.327 e. The molecule has 0 atom stereocenters. The molecule has 1 N–H and O–H groups in total. The fourth-order valence-electron chi connectivity index (χ4n) is 4.39. The summed E-state index contributed by atoms with van der Waals surface area (Å²) in [4.78, 5) is 45.2. The molecule has 0 radical (unpaired) electrons. The van der Waals surface area contributed by atoms with Crippen LogP contribution in [0.2, 0.25) is 0 Å². The van der Waals surface area contributed by atoms with Gasteiger partial charge in [0.05, 0.1) is 5.69 Å². The van der Waals surface area contributed by atoms with Crippen LogP contribution in [-0.4, -0.2) is 51.8 Å². The van der Waals surface area contributed by atoms with Crippen molar-refractivity contribution >= 4 is 35.7 Å². The maximum atomic E-state index is 13.0. The normalized spacial score (nSPS) is 18.2. The zero-order valence-electron chi connectivity index (χ0n) is 17.6. The number of carbonyl (C=O) groups is 3. The number of aromatic nitrogens is 1. The Bertz CT molecular complexity index is 1010. The lowest BCUT2D eigenvalue weighted by Gasteiger charge is -2.35. The number of urea groups is 1. The smallest absolute Gasteiger partial charge is 0.325 e. The highest BCUT2D eigenvalue weighted by Crippen LogP contribution is 2.39. The van der Waals surface area contributed by atoms with Crippen LogP contribution in [0, 0.1) is 0 Å². The highest BCUT2D eigenvalue weighted by Gasteiger charge is 2.55. The van der Waals surface area contributed by atoms with Crippen LogP contribution in [0.1, 0.15) is 43.4 Å². The van der Waals surface area contributed by atoms with E-state index in [0.717, 1.165) is 35.4 Å². The summed E-state index contributed by atoms with van der Waals surface area (Å²) in [6.07, 6.45) is 9.77. The number of anilines is 1. The lowest BCUT2D eigenvalue weighted by molar-refractivity contribution is -0.136. The third-order valence-electron chi connectivity index (χ3n) is 6.09. The van der Waals surface area contributed by atoms with E-state index >= 15 is 0 Å². The minimum Gasteiger partial charge on any atom is -0.325 e. The first-order valence-electron chi connectivity index (χ1n) is 10.6. The Morgan fingerprint density at radius 1 is 1.10 bits per heavy atom. The summed E-state index contributed by atoms with van der Waals surface area (Å²) in [6.45, 7) is -0.280. The molecule has 2 aliphatic rings. The van der Waals surface area contributed by atoms with E-state index in [1.165, 1.54) is 4.90 Å². The second kappa shape index (κ2) is 8.71. The number of nitrogens with one attached hydrogen (secondary N) is 1. The second-order valence-electron chi connectivity index (χ2n) is 8.09. The number of nitrogens with zero attached hydrogens (tertiary/aromatic N) is 3. The topological polar surface area (TPSA) is 82.6 Å². The van der Waals surface area contributed by atoms with Gasteiger partial charge < -0.3 is 10.2 Å². The van der Waals surface area contributed by atoms with Gasteiger partial charge in [0, 0.05) is 18.9 Å². The Morgan fingerprint density at radius 3 is 2.65 bits per heavy atom. The van der Waals surface area contributed by atoms with E-state index < -0.39 is 17.5 Å². The SMILES string of the molecule is CN1C(=O)N(CC(=O)Nc2cccc(/C=C/c3ccccn3)c2)C(=O)C12CCCCC2. The first kappa shape index (κ1) is 20.8. The molecule has 1 saturated carbocycles. The van der Waals surface area contributed by atoms with Gasteiger partial charge in [0.15, 0.2) is 0 Å². The van der Waals surface area contributed by atoms with Crippen molar-refractivity contribution < 1.29 is 14.4 Å². The lowest BCUT2D eigenvalue weighted by Crippen LogP contribution is -2.49. The first-order valence-corrected chi connectivity index (χ1v) is 10.6. The average molecular weight is 418 g/mol. The molecule has 160 valence electrons. The number of pyridine rings is 1. The number of carbonyl (C=O) groups excluding carboxylic acids is 3. The van der Waals surface area contributed by atoms with Crippen molar-refractivity contribution in [3.05, 3.63) is 59.9 Å². The highest BCUT2D eigenvalue weighted by molar-refractivity contribution is 6.10. The Balaban J connectivity index is 1.41. The Kier molecular flexibility index (Phi) is 5.84. The molecule has 1 aliphatic heterocycles. The van der Waals surface area contributed by atoms with Gasteiger partial charge in [0.25, 0.3) is 5.91 Å². The molecule has 0 unspecified atom stereocenters. The van der Waals surface area contributed by atoms with E-state index in [9.17, 15) is 14.4 Å². The predicted octanol–water partition coefficient (Wildman–Crippen LogP) is 3.79. The first-order chi connectivity index (χ1) is 15.0. The minimum absolute atomic E-state index is 0.248. The van der Waals surface area contributed by atoms with E-state index in [-0.39, 0.29) is 12.5 Å². The van der Waals surface area contributed by atoms with Gasteiger partial charge >= 0.3 is 6.03 Å². The van der Waals surface area contributed by atoms with Crippen molar-refractivity contribution in [1.82, 2.24) is 14.8 Å². The van der Waals surface area contributed by atoms with E-state index in [2.05, 4.69) is 10.3 Å². The summed E-state index contributed by atoms with van der Waals surface area (Å²) in [6, 6.07) is 12.7. The van der Waals surface area contributed by atoms with E-state index in [4.69, 9.17) is 0 Å². The number of hydrogen-bond acceptors (Lipinski definition) is 4. The summed E-state index contributed by atoms with van der Waals surface area (Å²) >= 11 is 0.